The van der Waals surface area contributed by atoms with Gasteiger partial charge in [0.15, 0.2) is 0 Å². The minimum Gasteiger partial charge on any atom is -0.368 e. The van der Waals surface area contributed by atoms with Crippen molar-refractivity contribution in [2.24, 2.45) is 0 Å². The Hall–Kier alpha value is -5.60. The highest BCUT2D eigenvalue weighted by Gasteiger charge is 2.46. The Morgan fingerprint density at radius 3 is 2.50 bits per heavy atom. The van der Waals surface area contributed by atoms with Crippen LogP contribution in [-0.2, 0) is 25.6 Å². The Labute approximate surface area is 316 Å². The number of imide groups is 2. The van der Waals surface area contributed by atoms with Gasteiger partial charge in [0.2, 0.25) is 23.6 Å². The van der Waals surface area contributed by atoms with Gasteiger partial charge in [-0.25, -0.2) is 4.98 Å². The van der Waals surface area contributed by atoms with Crippen LogP contribution in [0.25, 0.3) is 22.2 Å². The third-order valence-electron chi connectivity index (χ3n) is 10.9. The highest BCUT2D eigenvalue weighted by atomic mass is 35.5. The van der Waals surface area contributed by atoms with Gasteiger partial charge in [-0.15, -0.1) is 0 Å². The molecule has 2 N–H and O–H groups in total. The zero-order chi connectivity index (χ0) is 37.7. The third kappa shape index (κ3) is 6.28. The number of H-pyrrole nitrogens is 1. The van der Waals surface area contributed by atoms with E-state index in [0.717, 1.165) is 44.7 Å². The Morgan fingerprint density at radius 1 is 0.944 bits per heavy atom. The number of piperidine rings is 1. The fourth-order valence-corrected chi connectivity index (χ4v) is 8.35. The molecule has 1 unspecified atom stereocenters. The summed E-state index contributed by atoms with van der Waals surface area (Å²) in [7, 11) is 0. The second kappa shape index (κ2) is 14.3. The summed E-state index contributed by atoms with van der Waals surface area (Å²) in [5.41, 5.74) is 5.36. The number of aromatic amines is 1. The van der Waals surface area contributed by atoms with E-state index < -0.39 is 29.7 Å². The van der Waals surface area contributed by atoms with Crippen molar-refractivity contribution in [2.45, 2.75) is 38.6 Å². The monoisotopic (exact) mass is 750 g/mol. The van der Waals surface area contributed by atoms with E-state index >= 15 is 0 Å². The average Bonchev–Trinajstić information content (AvgIpc) is 3.72. The van der Waals surface area contributed by atoms with Crippen LogP contribution in [0, 0.1) is 0 Å². The molecule has 0 radical (unpaired) electrons. The summed E-state index contributed by atoms with van der Waals surface area (Å²) in [6.07, 6.45) is 4.91. The van der Waals surface area contributed by atoms with Crippen molar-refractivity contribution < 1.29 is 28.8 Å². The molecule has 0 saturated carbocycles. The molecule has 3 fully saturated rings. The molecule has 4 aromatic rings. The van der Waals surface area contributed by atoms with Crippen LogP contribution in [0.2, 0.25) is 5.02 Å². The number of hydrogen-bond donors (Lipinski definition) is 2. The lowest BCUT2D eigenvalue weighted by atomic mass is 10.0. The zero-order valence-electron chi connectivity index (χ0n) is 29.8. The first-order chi connectivity index (χ1) is 26.1. The summed E-state index contributed by atoms with van der Waals surface area (Å²) in [6, 6.07) is 11.8. The molecular weight excluding hydrogens is 712 g/mol. The molecule has 54 heavy (non-hydrogen) atoms. The zero-order valence-corrected chi connectivity index (χ0v) is 30.5. The van der Waals surface area contributed by atoms with Crippen LogP contribution in [0.5, 0.6) is 0 Å². The highest BCUT2D eigenvalue weighted by molar-refractivity contribution is 6.38. The van der Waals surface area contributed by atoms with Gasteiger partial charge in [-0.2, -0.15) is 0 Å². The van der Waals surface area contributed by atoms with E-state index in [0.29, 0.717) is 56.5 Å². The van der Waals surface area contributed by atoms with Crippen LogP contribution in [-0.4, -0.2) is 119 Å². The molecule has 0 spiro atoms. The molecule has 2 aromatic carbocycles. The maximum Gasteiger partial charge on any atom is 0.264 e. The lowest BCUT2D eigenvalue weighted by Gasteiger charge is -2.37. The van der Waals surface area contributed by atoms with E-state index in [1.165, 1.54) is 0 Å². The molecule has 15 heteroatoms. The number of aryl methyl sites for hydroxylation is 1. The number of fused-ring (bicyclic) bond motifs is 2. The third-order valence-corrected chi connectivity index (χ3v) is 11.3. The van der Waals surface area contributed by atoms with Gasteiger partial charge in [0.05, 0.1) is 21.8 Å². The molecule has 1 atom stereocenters. The number of hydrogen-bond acceptors (Lipinski definition) is 9. The Kier molecular flexibility index (Phi) is 9.40. The molecule has 3 saturated heterocycles. The first-order valence-corrected chi connectivity index (χ1v) is 18.7. The van der Waals surface area contributed by atoms with Crippen molar-refractivity contribution in [3.05, 3.63) is 76.6 Å². The van der Waals surface area contributed by atoms with Crippen LogP contribution in [0.15, 0.2) is 54.9 Å². The molecule has 0 bridgehead atoms. The van der Waals surface area contributed by atoms with Gasteiger partial charge < -0.3 is 19.7 Å². The second-order valence-corrected chi connectivity index (χ2v) is 14.4. The standard InChI is InChI=1S/C39H39ClN8O6/c1-2-23-20-41-36-33(23)35(40)27(21-42-36)24-5-3-6-25(19-24)47-18-17-46(22-32(47)51)31(50)11-12-44-13-15-45(16-14-44)28-8-4-7-26-34(28)39(54)48(38(26)53)29-9-10-30(49)43-37(29)52/h3-8,19-21,29H,2,9-18,22H2,1H3,(H,41,42)(H,43,49,52). The molecular formula is C39H39ClN8O6. The lowest BCUT2D eigenvalue weighted by molar-refractivity contribution is -0.137. The first kappa shape index (κ1) is 35.4. The molecule has 0 aliphatic carbocycles. The maximum absolute atomic E-state index is 13.6. The number of rotatable bonds is 8. The first-order valence-electron chi connectivity index (χ1n) is 18.3. The molecule has 4 aliphatic heterocycles. The number of piperazine rings is 2. The minimum absolute atomic E-state index is 0.00394. The number of aromatic nitrogens is 2. The van der Waals surface area contributed by atoms with Crippen LogP contribution in [0.1, 0.15) is 52.5 Å². The molecule has 14 nitrogen and oxygen atoms in total. The van der Waals surface area contributed by atoms with Gasteiger partial charge >= 0.3 is 0 Å². The van der Waals surface area contributed by atoms with Gasteiger partial charge in [0.25, 0.3) is 11.8 Å². The fraction of sp³-hybridized carbons (Fsp3) is 0.359. The predicted molar refractivity (Wildman–Crippen MR) is 201 cm³/mol. The number of carbonyl (C=O) groups is 6. The quantitative estimate of drug-likeness (QED) is 0.258. The molecule has 6 amide bonds. The van der Waals surface area contributed by atoms with Crippen molar-refractivity contribution in [2.75, 3.05) is 62.2 Å². The molecule has 4 aliphatic rings. The summed E-state index contributed by atoms with van der Waals surface area (Å²) in [4.78, 5) is 94.0. The van der Waals surface area contributed by atoms with Crippen molar-refractivity contribution in [1.29, 1.82) is 0 Å². The Balaban J connectivity index is 0.852. The van der Waals surface area contributed by atoms with Crippen LogP contribution >= 0.6 is 11.6 Å². The van der Waals surface area contributed by atoms with E-state index in [2.05, 4.69) is 32.0 Å². The lowest BCUT2D eigenvalue weighted by Crippen LogP contribution is -2.54. The van der Waals surface area contributed by atoms with E-state index in [1.807, 2.05) is 30.5 Å². The second-order valence-electron chi connectivity index (χ2n) is 14.0. The smallest absolute Gasteiger partial charge is 0.264 e. The number of halogens is 1. The number of nitrogens with zero attached hydrogens (tertiary/aromatic N) is 6. The molecule has 278 valence electrons. The molecule has 8 rings (SSSR count). The Morgan fingerprint density at radius 2 is 1.74 bits per heavy atom. The normalized spacial score (nSPS) is 19.6. The summed E-state index contributed by atoms with van der Waals surface area (Å²) >= 11 is 6.88. The predicted octanol–water partition coefficient (Wildman–Crippen LogP) is 3.23. The van der Waals surface area contributed by atoms with Gasteiger partial charge in [0, 0.05) is 87.7 Å². The largest absolute Gasteiger partial charge is 0.368 e. The summed E-state index contributed by atoms with van der Waals surface area (Å²) in [5.74, 6) is -2.36. The highest BCUT2D eigenvalue weighted by Crippen LogP contribution is 2.37. The molecule has 2 aromatic heterocycles. The van der Waals surface area contributed by atoms with Crippen molar-refractivity contribution >= 4 is 69.5 Å². The number of amides is 6. The number of pyridine rings is 1. The number of anilines is 2. The van der Waals surface area contributed by atoms with E-state index in [9.17, 15) is 28.8 Å². The van der Waals surface area contributed by atoms with Crippen molar-refractivity contribution in [3.63, 3.8) is 0 Å². The summed E-state index contributed by atoms with van der Waals surface area (Å²) in [6.45, 7) is 5.79. The van der Waals surface area contributed by atoms with E-state index in [-0.39, 0.29) is 48.7 Å². The topological polar surface area (TPSA) is 159 Å². The fourth-order valence-electron chi connectivity index (χ4n) is 7.98. The minimum atomic E-state index is -1.02. The van der Waals surface area contributed by atoms with E-state index in [1.54, 1.807) is 34.2 Å². The molecule has 6 heterocycles. The summed E-state index contributed by atoms with van der Waals surface area (Å²) < 4.78 is 0. The van der Waals surface area contributed by atoms with Crippen molar-refractivity contribution in [1.82, 2.24) is 30.0 Å². The number of carbonyl (C=O) groups excluding carboxylic acids is 6. The van der Waals surface area contributed by atoms with Crippen LogP contribution in [0.4, 0.5) is 11.4 Å². The van der Waals surface area contributed by atoms with Gasteiger partial charge in [0.1, 0.15) is 18.2 Å². The van der Waals surface area contributed by atoms with Crippen LogP contribution in [0.3, 0.4) is 0 Å². The van der Waals surface area contributed by atoms with Crippen molar-refractivity contribution in [3.8, 4) is 11.1 Å². The van der Waals surface area contributed by atoms with Gasteiger partial charge in [-0.3, -0.25) is 43.9 Å². The van der Waals surface area contributed by atoms with Gasteiger partial charge in [-0.1, -0.05) is 36.7 Å². The Bertz CT molecular complexity index is 2230. The average molecular weight is 751 g/mol. The maximum atomic E-state index is 13.6. The van der Waals surface area contributed by atoms with Crippen LogP contribution < -0.4 is 15.1 Å². The number of nitrogens with one attached hydrogen (secondary N) is 2. The van der Waals surface area contributed by atoms with E-state index in [4.69, 9.17) is 11.6 Å². The van der Waals surface area contributed by atoms with Gasteiger partial charge in [-0.05, 0) is 48.2 Å². The number of benzene rings is 2. The SMILES string of the molecule is CCc1c[nH]c2ncc(-c3cccc(N4CCN(C(=O)CCN5CCN(c6cccc7c6C(=O)N(C6CCC(=O)NC6=O)C7=O)CC5)CC4=O)c3)c(Cl)c12. The summed E-state index contributed by atoms with van der Waals surface area (Å²) in [5, 5.41) is 3.75.